The number of nitro groups is 1. The molecule has 0 aliphatic carbocycles. The van der Waals surface area contributed by atoms with Crippen LogP contribution in [-0.2, 0) is 15.1 Å². The largest absolute Gasteiger partial charge is 0.284 e. The van der Waals surface area contributed by atoms with E-state index in [1.54, 1.807) is 27.7 Å². The number of piperidine rings is 1. The van der Waals surface area contributed by atoms with Crippen LogP contribution in [0.4, 0.5) is 5.69 Å². The Morgan fingerprint density at radius 1 is 1.10 bits per heavy atom. The maximum absolute atomic E-state index is 13.8. The Bertz CT molecular complexity index is 1250. The normalized spacial score (nSPS) is 25.4. The fourth-order valence-corrected chi connectivity index (χ4v) is 4.14. The van der Waals surface area contributed by atoms with E-state index in [-0.39, 0.29) is 5.52 Å². The smallest absolute Gasteiger partial charge is 0.283 e. The summed E-state index contributed by atoms with van der Waals surface area (Å²) in [5.41, 5.74) is -6.14. The van der Waals surface area contributed by atoms with Crippen molar-refractivity contribution >= 4 is 28.4 Å². The predicted octanol–water partition coefficient (Wildman–Crippen LogP) is 2.38. The van der Waals surface area contributed by atoms with Gasteiger partial charge in [0, 0.05) is 22.6 Å². The highest BCUT2D eigenvalue weighted by molar-refractivity contribution is 6.05. The third-order valence-corrected chi connectivity index (χ3v) is 6.86. The maximum atomic E-state index is 13.8. The van der Waals surface area contributed by atoms with E-state index in [1.807, 2.05) is 0 Å². The van der Waals surface area contributed by atoms with Crippen molar-refractivity contribution in [2.75, 3.05) is 7.05 Å². The Hall–Kier alpha value is -3.10. The van der Waals surface area contributed by atoms with Crippen LogP contribution >= 0.6 is 0 Å². The van der Waals surface area contributed by atoms with Crippen LogP contribution < -0.4 is 5.56 Å². The number of non-ortho nitro benzene ring substituents is 1. The van der Waals surface area contributed by atoms with E-state index in [2.05, 4.69) is 4.98 Å². The van der Waals surface area contributed by atoms with E-state index >= 15 is 0 Å². The number of amides is 2. The number of aromatic nitrogens is 2. The van der Waals surface area contributed by atoms with E-state index < -0.39 is 62.4 Å². The molecule has 1 saturated heterocycles. The molecule has 29 heavy (non-hydrogen) atoms. The lowest BCUT2D eigenvalue weighted by molar-refractivity contribution is -0.383. The lowest BCUT2D eigenvalue weighted by atomic mass is 9.54. The summed E-state index contributed by atoms with van der Waals surface area (Å²) in [5, 5.41) is 11.2. The van der Waals surface area contributed by atoms with Gasteiger partial charge in [0.05, 0.1) is 15.9 Å². The number of carbonyl (C=O) groups is 2. The summed E-state index contributed by atoms with van der Waals surface area (Å²) in [6.45, 7) is 4.84. The summed E-state index contributed by atoms with van der Waals surface area (Å²) in [6, 6.07) is 3.72. The van der Waals surface area contributed by atoms with E-state index in [1.165, 1.54) is 26.1 Å². The minimum absolute atomic E-state index is 0.167. The minimum Gasteiger partial charge on any atom is -0.283 e. The second-order valence-corrected chi connectivity index (χ2v) is 8.50. The number of likely N-dealkylation sites (N-methyl/N-ethyl adjacent to an activating group) is 1. The van der Waals surface area contributed by atoms with Gasteiger partial charge in [-0.2, -0.15) is 0 Å². The van der Waals surface area contributed by atoms with Crippen molar-refractivity contribution in [1.29, 1.82) is 0 Å². The molecular weight excluding hydrogens is 376 g/mol. The van der Waals surface area contributed by atoms with Crippen molar-refractivity contribution in [1.82, 2.24) is 14.5 Å². The number of rotatable bonds is 2. The molecule has 0 bridgehead atoms. The first kappa shape index (κ1) is 16.8. The average molecular weight is 403 g/mol. The minimum atomic E-state index is -2.93. The third kappa shape index (κ3) is 2.33. The molecule has 9 nitrogen and oxygen atoms in total. The number of nitrogens with zero attached hydrogens (tertiary/aromatic N) is 4. The van der Waals surface area contributed by atoms with Crippen molar-refractivity contribution in [2.24, 2.45) is 10.8 Å². The zero-order valence-corrected chi connectivity index (χ0v) is 17.1. The summed E-state index contributed by atoms with van der Waals surface area (Å²) in [7, 11) is 1.26. The molecule has 1 unspecified atom stereocenters. The summed E-state index contributed by atoms with van der Waals surface area (Å²) in [5.74, 6) is -1.98. The van der Waals surface area contributed by atoms with Gasteiger partial charge in [0.25, 0.3) is 17.2 Å². The van der Waals surface area contributed by atoms with Crippen LogP contribution in [0.1, 0.15) is 44.6 Å². The van der Waals surface area contributed by atoms with Crippen LogP contribution in [0.2, 0.25) is 0 Å². The Kier molecular flexibility index (Phi) is 3.45. The molecule has 0 spiro atoms. The zero-order valence-electron chi connectivity index (χ0n) is 20.1. The average Bonchev–Trinajstić information content (AvgIpc) is 2.68. The summed E-state index contributed by atoms with van der Waals surface area (Å²) >= 11 is 0. The van der Waals surface area contributed by atoms with Gasteiger partial charge in [-0.15, -0.1) is 0 Å². The van der Waals surface area contributed by atoms with Gasteiger partial charge in [-0.3, -0.25) is 34.0 Å². The Morgan fingerprint density at radius 2 is 1.72 bits per heavy atom. The molecule has 1 aliphatic rings. The SMILES string of the molecule is [2H]C([2H])([2H])c1nc2cccc([N+](=O)[O-])c2c(=O)n1C1(C)C(=O)N(C)C(=O)C(C)(C)C1(C)C. The molecule has 0 saturated carbocycles. The van der Waals surface area contributed by atoms with Crippen LogP contribution in [-0.4, -0.2) is 38.2 Å². The van der Waals surface area contributed by atoms with E-state index in [9.17, 15) is 24.5 Å². The number of nitro benzene ring substituents is 1. The molecule has 154 valence electrons. The van der Waals surface area contributed by atoms with Gasteiger partial charge in [-0.1, -0.05) is 33.8 Å². The van der Waals surface area contributed by atoms with Crippen molar-refractivity contribution in [3.63, 3.8) is 0 Å². The lowest BCUT2D eigenvalue weighted by Gasteiger charge is -2.57. The molecule has 3 rings (SSSR count). The number of imide groups is 1. The molecular formula is C20H24N4O5. The number of benzene rings is 1. The number of carbonyl (C=O) groups excluding carboxylic acids is 2. The molecule has 0 N–H and O–H groups in total. The Balaban J connectivity index is 2.62. The standard InChI is InChI=1S/C20H24N4O5/c1-11-21-12-9-8-10-13(24(28)29)14(12)15(25)23(11)20(6)17(27)22(7)16(26)18(2,3)19(20,4)5/h8-10H,1-7H3/i1D3. The van der Waals surface area contributed by atoms with Crippen molar-refractivity contribution in [3.8, 4) is 0 Å². The maximum Gasteiger partial charge on any atom is 0.284 e. The molecule has 2 aromatic rings. The van der Waals surface area contributed by atoms with Crippen LogP contribution in [0.15, 0.2) is 23.0 Å². The van der Waals surface area contributed by atoms with E-state index in [4.69, 9.17) is 4.11 Å². The first-order valence-corrected chi connectivity index (χ1v) is 8.96. The number of fused-ring (bicyclic) bond motifs is 1. The van der Waals surface area contributed by atoms with Gasteiger partial charge in [-0.25, -0.2) is 4.98 Å². The second-order valence-electron chi connectivity index (χ2n) is 8.50. The molecule has 9 heteroatoms. The fourth-order valence-electron chi connectivity index (χ4n) is 4.14. The van der Waals surface area contributed by atoms with E-state index in [0.717, 1.165) is 15.5 Å². The molecule has 2 heterocycles. The first-order chi connectivity index (χ1) is 14.4. The molecule has 1 aromatic carbocycles. The van der Waals surface area contributed by atoms with Gasteiger partial charge in [0.1, 0.15) is 16.7 Å². The quantitative estimate of drug-likeness (QED) is 0.432. The summed E-state index contributed by atoms with van der Waals surface area (Å²) in [6.07, 6.45) is 0. The highest BCUT2D eigenvalue weighted by Gasteiger charge is 2.65. The lowest BCUT2D eigenvalue weighted by Crippen LogP contribution is -2.71. The Labute approximate surface area is 171 Å². The van der Waals surface area contributed by atoms with Crippen LogP contribution in [0.25, 0.3) is 10.9 Å². The third-order valence-electron chi connectivity index (χ3n) is 6.86. The van der Waals surface area contributed by atoms with Gasteiger partial charge in [0.2, 0.25) is 5.91 Å². The molecule has 1 atom stereocenters. The van der Waals surface area contributed by atoms with Crippen molar-refractivity contribution < 1.29 is 18.6 Å². The van der Waals surface area contributed by atoms with E-state index in [0.29, 0.717) is 0 Å². The van der Waals surface area contributed by atoms with Gasteiger partial charge in [-0.05, 0) is 19.8 Å². The monoisotopic (exact) mass is 403 g/mol. The molecule has 1 aromatic heterocycles. The van der Waals surface area contributed by atoms with Crippen LogP contribution in [0, 0.1) is 27.8 Å². The van der Waals surface area contributed by atoms with Crippen molar-refractivity contribution in [2.45, 2.75) is 47.0 Å². The van der Waals surface area contributed by atoms with Crippen LogP contribution in [0.5, 0.6) is 0 Å². The molecule has 1 fully saturated rings. The highest BCUT2D eigenvalue weighted by atomic mass is 16.6. The zero-order chi connectivity index (χ0) is 24.6. The Morgan fingerprint density at radius 3 is 2.28 bits per heavy atom. The predicted molar refractivity (Wildman–Crippen MR) is 106 cm³/mol. The number of likely N-dealkylation sites (tertiary alicyclic amines) is 1. The number of hydrogen-bond acceptors (Lipinski definition) is 6. The highest BCUT2D eigenvalue weighted by Crippen LogP contribution is 2.55. The molecule has 0 radical (unpaired) electrons. The second kappa shape index (κ2) is 5.95. The summed E-state index contributed by atoms with van der Waals surface area (Å²) < 4.78 is 24.7. The summed E-state index contributed by atoms with van der Waals surface area (Å²) in [4.78, 5) is 56.0. The van der Waals surface area contributed by atoms with Gasteiger partial charge >= 0.3 is 0 Å². The first-order valence-electron chi connectivity index (χ1n) is 10.5. The molecule has 1 aliphatic heterocycles. The number of aryl methyl sites for hydroxylation is 1. The fraction of sp³-hybridized carbons (Fsp3) is 0.500. The van der Waals surface area contributed by atoms with Crippen LogP contribution in [0.3, 0.4) is 0 Å². The topological polar surface area (TPSA) is 115 Å². The molecule has 2 amide bonds. The number of hydrogen-bond donors (Lipinski definition) is 0. The van der Waals surface area contributed by atoms with Gasteiger partial charge in [0.15, 0.2) is 0 Å². The van der Waals surface area contributed by atoms with Crippen molar-refractivity contribution in [3.05, 3.63) is 44.5 Å². The van der Waals surface area contributed by atoms with Gasteiger partial charge < -0.3 is 0 Å².